The lowest BCUT2D eigenvalue weighted by Crippen LogP contribution is -2.60. The molecule has 30 heavy (non-hydrogen) atoms. The molecule has 0 heteroatoms. The fourth-order valence-corrected chi connectivity index (χ4v) is 10.6. The van der Waals surface area contributed by atoms with Gasteiger partial charge in [0.05, 0.1) is 0 Å². The lowest BCUT2D eigenvalue weighted by molar-refractivity contribution is -0.151. The van der Waals surface area contributed by atoms with E-state index in [2.05, 4.69) is 55.4 Å². The topological polar surface area (TPSA) is 0 Å². The molecule has 0 bridgehead atoms. The molecule has 0 heterocycles. The third-order valence-electron chi connectivity index (χ3n) is 12.7. The summed E-state index contributed by atoms with van der Waals surface area (Å²) in [6, 6.07) is 0. The molecule has 0 radical (unpaired) electrons. The lowest BCUT2D eigenvalue weighted by atomic mass is 9.35. The van der Waals surface area contributed by atoms with Gasteiger partial charge in [0.25, 0.3) is 0 Å². The van der Waals surface area contributed by atoms with Gasteiger partial charge in [-0.3, -0.25) is 0 Å². The molecule has 170 valence electrons. The highest BCUT2D eigenvalue weighted by Gasteiger charge is 2.65. The summed E-state index contributed by atoms with van der Waals surface area (Å²) in [5, 5.41) is 0. The van der Waals surface area contributed by atoms with Crippen LogP contribution in [0.4, 0.5) is 0 Å². The van der Waals surface area contributed by atoms with Crippen LogP contribution in [0, 0.1) is 44.3 Å². The van der Waals surface area contributed by atoms with E-state index in [0.717, 1.165) is 11.8 Å². The van der Waals surface area contributed by atoms with Crippen LogP contribution in [0.3, 0.4) is 0 Å². The molecule has 0 nitrogen and oxygen atoms in total. The van der Waals surface area contributed by atoms with Gasteiger partial charge < -0.3 is 0 Å². The second kappa shape index (κ2) is 6.20. The highest BCUT2D eigenvalue weighted by Crippen LogP contribution is 2.75. The van der Waals surface area contributed by atoms with Crippen LogP contribution in [0.2, 0.25) is 0 Å². The van der Waals surface area contributed by atoms with Gasteiger partial charge in [-0.25, -0.2) is 0 Å². The smallest absolute Gasteiger partial charge is 0.00566 e. The van der Waals surface area contributed by atoms with Gasteiger partial charge >= 0.3 is 0 Å². The molecule has 3 saturated carbocycles. The zero-order chi connectivity index (χ0) is 21.8. The Morgan fingerprint density at radius 2 is 1.33 bits per heavy atom. The van der Waals surface area contributed by atoms with Crippen LogP contribution < -0.4 is 0 Å². The number of rotatable bonds is 0. The largest absolute Gasteiger partial charge is 0.0642 e. The summed E-state index contributed by atoms with van der Waals surface area (Å²) in [6.45, 7) is 21.2. The van der Waals surface area contributed by atoms with Crippen LogP contribution in [-0.2, 0) is 0 Å². The van der Waals surface area contributed by atoms with Crippen molar-refractivity contribution in [3.63, 3.8) is 0 Å². The van der Waals surface area contributed by atoms with Gasteiger partial charge in [0.15, 0.2) is 0 Å². The Hall–Kier alpha value is -0.260. The Bertz CT molecular complexity index is 767. The van der Waals surface area contributed by atoms with Crippen molar-refractivity contribution in [2.45, 2.75) is 132 Å². The van der Waals surface area contributed by atoms with Crippen molar-refractivity contribution in [1.29, 1.82) is 0 Å². The first-order chi connectivity index (χ1) is 13.8. The van der Waals surface area contributed by atoms with Crippen molar-refractivity contribution >= 4 is 0 Å². The van der Waals surface area contributed by atoms with E-state index >= 15 is 0 Å². The molecule has 0 saturated heterocycles. The van der Waals surface area contributed by atoms with E-state index < -0.39 is 0 Å². The molecule has 0 amide bonds. The third-order valence-corrected chi connectivity index (χ3v) is 12.7. The Labute approximate surface area is 188 Å². The summed E-state index contributed by atoms with van der Waals surface area (Å²) in [5.41, 5.74) is 7.08. The molecule has 6 atom stereocenters. The van der Waals surface area contributed by atoms with Crippen molar-refractivity contribution in [2.75, 3.05) is 0 Å². The normalized spacial score (nSPS) is 52.0. The first-order valence-electron chi connectivity index (χ1n) is 13.5. The Morgan fingerprint density at radius 3 is 2.07 bits per heavy atom. The minimum atomic E-state index is 0.452. The van der Waals surface area contributed by atoms with Gasteiger partial charge in [-0.15, -0.1) is 0 Å². The van der Waals surface area contributed by atoms with E-state index in [4.69, 9.17) is 0 Å². The van der Waals surface area contributed by atoms with E-state index in [-0.39, 0.29) is 0 Å². The van der Waals surface area contributed by atoms with Crippen LogP contribution in [0.15, 0.2) is 11.1 Å². The maximum Gasteiger partial charge on any atom is -0.00566 e. The predicted octanol–water partition coefficient (Wildman–Crippen LogP) is 9.34. The van der Waals surface area contributed by atoms with Crippen LogP contribution >= 0.6 is 0 Å². The van der Waals surface area contributed by atoms with Crippen molar-refractivity contribution in [3.8, 4) is 0 Å². The number of hydrogen-bond acceptors (Lipinski definition) is 0. The number of hydrogen-bond donors (Lipinski definition) is 0. The predicted molar refractivity (Wildman–Crippen MR) is 129 cm³/mol. The van der Waals surface area contributed by atoms with Crippen molar-refractivity contribution in [1.82, 2.24) is 0 Å². The molecule has 0 unspecified atom stereocenters. The fraction of sp³-hybridized carbons (Fsp3) is 0.933. The summed E-state index contributed by atoms with van der Waals surface area (Å²) in [5.74, 6) is 1.82. The van der Waals surface area contributed by atoms with Gasteiger partial charge in [-0.1, -0.05) is 73.0 Å². The van der Waals surface area contributed by atoms with E-state index in [1.165, 1.54) is 77.0 Å². The first-order valence-corrected chi connectivity index (χ1v) is 13.5. The monoisotopic (exact) mass is 410 g/mol. The Balaban J connectivity index is 1.60. The summed E-state index contributed by atoms with van der Waals surface area (Å²) < 4.78 is 0. The zero-order valence-corrected chi connectivity index (χ0v) is 21.6. The highest BCUT2D eigenvalue weighted by atomic mass is 14.7. The maximum atomic E-state index is 2.76. The Morgan fingerprint density at radius 1 is 0.633 bits per heavy atom. The summed E-state index contributed by atoms with van der Waals surface area (Å²) in [7, 11) is 0. The minimum absolute atomic E-state index is 0.452. The molecule has 0 aliphatic heterocycles. The maximum absolute atomic E-state index is 2.76. The first kappa shape index (κ1) is 21.6. The van der Waals surface area contributed by atoms with Crippen LogP contribution in [0.1, 0.15) is 132 Å². The van der Waals surface area contributed by atoms with Crippen LogP contribution in [0.25, 0.3) is 0 Å². The molecule has 5 aliphatic carbocycles. The van der Waals surface area contributed by atoms with Gasteiger partial charge in [0.1, 0.15) is 0 Å². The standard InChI is InChI=1S/C30H50/c1-25(2)16-17-27(5)18-19-29(7)22-10-11-23-26(3,4)13-9-14-28(23,6)21(22)12-15-30(29,8)24(27)20-25/h23-24H,9-20H2,1-8H3/t23-,24+,27+,28+,29+,30-/m0/s1. The molecular formula is C30H50. The molecule has 0 N–H and O–H groups in total. The molecule has 0 aromatic heterocycles. The fourth-order valence-electron chi connectivity index (χ4n) is 10.6. The number of allylic oxidation sites excluding steroid dienone is 2. The minimum Gasteiger partial charge on any atom is -0.0642 e. The Kier molecular flexibility index (Phi) is 4.46. The summed E-state index contributed by atoms with van der Waals surface area (Å²) in [6.07, 6.45) is 17.4. The third kappa shape index (κ3) is 2.64. The second-order valence-corrected chi connectivity index (χ2v) is 15.1. The van der Waals surface area contributed by atoms with E-state index in [9.17, 15) is 0 Å². The molecule has 0 spiro atoms. The van der Waals surface area contributed by atoms with Gasteiger partial charge in [-0.05, 0) is 115 Å². The van der Waals surface area contributed by atoms with Gasteiger partial charge in [0.2, 0.25) is 0 Å². The van der Waals surface area contributed by atoms with Crippen LogP contribution in [-0.4, -0.2) is 0 Å². The van der Waals surface area contributed by atoms with E-state index in [0.29, 0.717) is 32.5 Å². The SMILES string of the molecule is CC1(C)CC[C@]2(C)CC[C@]3(C)C4=C(CC[C@@]3(C)[C@@H]2C1)[C@@]1(C)CCCC(C)(C)[C@@H]1CC4. The summed E-state index contributed by atoms with van der Waals surface area (Å²) >= 11 is 0. The van der Waals surface area contributed by atoms with Gasteiger partial charge in [-0.2, -0.15) is 0 Å². The van der Waals surface area contributed by atoms with Gasteiger partial charge in [0, 0.05) is 0 Å². The average Bonchev–Trinajstić information content (AvgIpc) is 2.64. The number of fused-ring (bicyclic) bond motifs is 6. The van der Waals surface area contributed by atoms with Crippen molar-refractivity contribution in [2.24, 2.45) is 44.3 Å². The van der Waals surface area contributed by atoms with Crippen molar-refractivity contribution in [3.05, 3.63) is 11.1 Å². The second-order valence-electron chi connectivity index (χ2n) is 15.1. The molecule has 0 aromatic rings. The van der Waals surface area contributed by atoms with E-state index in [1.807, 2.05) is 11.1 Å². The summed E-state index contributed by atoms with van der Waals surface area (Å²) in [4.78, 5) is 0. The molecule has 5 rings (SSSR count). The van der Waals surface area contributed by atoms with Crippen LogP contribution in [0.5, 0.6) is 0 Å². The highest BCUT2D eigenvalue weighted by molar-refractivity contribution is 5.38. The average molecular weight is 411 g/mol. The molecule has 5 aliphatic rings. The van der Waals surface area contributed by atoms with E-state index in [1.54, 1.807) is 0 Å². The van der Waals surface area contributed by atoms with Crippen molar-refractivity contribution < 1.29 is 0 Å². The quantitative estimate of drug-likeness (QED) is 0.349. The zero-order valence-electron chi connectivity index (χ0n) is 21.6. The molecular weight excluding hydrogens is 360 g/mol. The lowest BCUT2D eigenvalue weighted by Gasteiger charge is -2.69. The molecule has 0 aromatic carbocycles. The molecule has 3 fully saturated rings.